The Hall–Kier alpha value is -6.52. The smallest absolute Gasteiger partial charge is 0.178 e. The number of aliphatic hydroxyl groups excluding tert-OH is 1. The van der Waals surface area contributed by atoms with E-state index in [1.807, 2.05) is 206 Å². The number of aliphatic hydroxyl groups is 1. The van der Waals surface area contributed by atoms with E-state index in [4.69, 9.17) is 28.7 Å². The standard InChI is InChI=1S/C59H54O7/c60-57-53(61-42-45-25-9-1-10-26-45)41-56(65-55(57)44-63-66-59(50-35-19-6-20-36-50,51-37-21-7-22-38-51)52-39-23-8-24-40-52)64-54(46-27-11-2-12-28-46)43-62-58(47-29-13-3-14-30-47,48-31-15-4-16-32-48)49-33-17-5-18-34-49/h1-40,53-57,60H,41-44H2/t53-,54-,55-,56-,57+/m0/s1. The summed E-state index contributed by atoms with van der Waals surface area (Å²) in [6, 6.07) is 80.9. The van der Waals surface area contributed by atoms with Gasteiger partial charge in [-0.1, -0.05) is 243 Å². The van der Waals surface area contributed by atoms with Crippen molar-refractivity contribution < 1.29 is 33.8 Å². The van der Waals surface area contributed by atoms with Gasteiger partial charge in [-0.05, 0) is 44.5 Å². The second-order valence-corrected chi connectivity index (χ2v) is 16.4. The predicted octanol–water partition coefficient (Wildman–Crippen LogP) is 11.8. The van der Waals surface area contributed by atoms with Crippen LogP contribution in [0.15, 0.2) is 243 Å². The van der Waals surface area contributed by atoms with Gasteiger partial charge in [-0.15, -0.1) is 0 Å². The van der Waals surface area contributed by atoms with Crippen LogP contribution in [0.1, 0.15) is 57.0 Å². The van der Waals surface area contributed by atoms with E-state index in [2.05, 4.69) is 36.4 Å². The molecular weight excluding hydrogens is 821 g/mol. The van der Waals surface area contributed by atoms with Crippen LogP contribution in [0.5, 0.6) is 0 Å². The topological polar surface area (TPSA) is 75.6 Å². The molecule has 0 unspecified atom stereocenters. The van der Waals surface area contributed by atoms with E-state index in [9.17, 15) is 5.11 Å². The molecule has 0 saturated carbocycles. The fourth-order valence-electron chi connectivity index (χ4n) is 8.96. The van der Waals surface area contributed by atoms with Gasteiger partial charge in [-0.2, -0.15) is 0 Å². The number of ether oxygens (including phenoxy) is 4. The van der Waals surface area contributed by atoms with Gasteiger partial charge < -0.3 is 24.1 Å². The van der Waals surface area contributed by atoms with Gasteiger partial charge in [-0.25, -0.2) is 9.78 Å². The number of hydrogen-bond acceptors (Lipinski definition) is 7. The van der Waals surface area contributed by atoms with E-state index in [1.165, 1.54) is 0 Å². The lowest BCUT2D eigenvalue weighted by atomic mass is 9.80. The Morgan fingerprint density at radius 2 is 0.864 bits per heavy atom. The molecule has 8 aromatic rings. The van der Waals surface area contributed by atoms with E-state index >= 15 is 0 Å². The first-order chi connectivity index (χ1) is 32.6. The van der Waals surface area contributed by atoms with Crippen molar-refractivity contribution in [1.29, 1.82) is 0 Å². The second-order valence-electron chi connectivity index (χ2n) is 16.4. The highest BCUT2D eigenvalue weighted by Gasteiger charge is 2.44. The zero-order valence-electron chi connectivity index (χ0n) is 36.7. The van der Waals surface area contributed by atoms with Gasteiger partial charge in [0.2, 0.25) is 0 Å². The van der Waals surface area contributed by atoms with Crippen LogP contribution in [-0.2, 0) is 46.5 Å². The van der Waals surface area contributed by atoms with Crippen LogP contribution >= 0.6 is 0 Å². The highest BCUT2D eigenvalue weighted by Crippen LogP contribution is 2.43. The predicted molar refractivity (Wildman–Crippen MR) is 256 cm³/mol. The minimum absolute atomic E-state index is 0.133. The summed E-state index contributed by atoms with van der Waals surface area (Å²) in [6.07, 6.45) is -3.84. The van der Waals surface area contributed by atoms with Gasteiger partial charge in [-0.3, -0.25) is 0 Å². The highest BCUT2D eigenvalue weighted by atomic mass is 17.2. The second kappa shape index (κ2) is 21.6. The molecule has 9 rings (SSSR count). The molecule has 0 spiro atoms. The first-order valence-electron chi connectivity index (χ1n) is 22.6. The van der Waals surface area contributed by atoms with Crippen LogP contribution in [0.4, 0.5) is 0 Å². The Kier molecular flexibility index (Phi) is 14.7. The minimum Gasteiger partial charge on any atom is -0.388 e. The van der Waals surface area contributed by atoms with Crippen LogP contribution in [0, 0.1) is 0 Å². The molecule has 0 aliphatic carbocycles. The van der Waals surface area contributed by atoms with Crippen LogP contribution in [0.3, 0.4) is 0 Å². The molecule has 7 nitrogen and oxygen atoms in total. The summed E-state index contributed by atoms with van der Waals surface area (Å²) in [5.41, 5.74) is 5.33. The van der Waals surface area contributed by atoms with Gasteiger partial charge in [0.1, 0.15) is 30.5 Å². The molecule has 332 valence electrons. The molecule has 1 fully saturated rings. The van der Waals surface area contributed by atoms with Crippen LogP contribution < -0.4 is 0 Å². The van der Waals surface area contributed by atoms with Crippen molar-refractivity contribution in [2.75, 3.05) is 13.2 Å². The molecule has 1 aliphatic heterocycles. The summed E-state index contributed by atoms with van der Waals surface area (Å²) < 4.78 is 27.7. The largest absolute Gasteiger partial charge is 0.388 e. The van der Waals surface area contributed by atoms with Crippen molar-refractivity contribution >= 4 is 0 Å². The average Bonchev–Trinajstić information content (AvgIpc) is 3.40. The molecule has 0 bridgehead atoms. The summed E-state index contributed by atoms with van der Waals surface area (Å²) in [5.74, 6) is 0. The minimum atomic E-state index is -1.15. The highest BCUT2D eigenvalue weighted by molar-refractivity contribution is 5.49. The third kappa shape index (κ3) is 9.99. The first kappa shape index (κ1) is 44.7. The third-order valence-electron chi connectivity index (χ3n) is 12.3. The summed E-state index contributed by atoms with van der Waals surface area (Å²) in [4.78, 5) is 13.0. The zero-order chi connectivity index (χ0) is 44.9. The molecule has 8 aromatic carbocycles. The molecule has 0 radical (unpaired) electrons. The summed E-state index contributed by atoms with van der Waals surface area (Å²) in [5, 5.41) is 12.1. The normalized spacial score (nSPS) is 18.1. The lowest BCUT2D eigenvalue weighted by molar-refractivity contribution is -0.372. The SMILES string of the molecule is O[C@@H]1[C@@H](OCc2ccccc2)C[C@@H](O[C@@H](COC(c2ccccc2)(c2ccccc2)c2ccccc2)c2ccccc2)O[C@H]1COOC(c1ccccc1)(c1ccccc1)c1ccccc1. The molecule has 7 heteroatoms. The van der Waals surface area contributed by atoms with Crippen molar-refractivity contribution in [3.8, 4) is 0 Å². The Labute approximate surface area is 387 Å². The molecular formula is C59H54O7. The molecule has 1 N–H and O–H groups in total. The monoisotopic (exact) mass is 874 g/mol. The Balaban J connectivity index is 1.03. The summed E-state index contributed by atoms with van der Waals surface area (Å²) >= 11 is 0. The Bertz CT molecular complexity index is 2430. The molecule has 0 amide bonds. The van der Waals surface area contributed by atoms with E-state index in [1.54, 1.807) is 0 Å². The maximum absolute atomic E-state index is 12.1. The van der Waals surface area contributed by atoms with E-state index in [0.717, 1.165) is 44.5 Å². The van der Waals surface area contributed by atoms with Crippen LogP contribution in [-0.4, -0.2) is 42.9 Å². The zero-order valence-corrected chi connectivity index (χ0v) is 36.7. The Morgan fingerprint density at radius 3 is 1.29 bits per heavy atom. The van der Waals surface area contributed by atoms with Gasteiger partial charge in [0, 0.05) is 6.42 Å². The fourth-order valence-corrected chi connectivity index (χ4v) is 8.96. The third-order valence-corrected chi connectivity index (χ3v) is 12.3. The molecule has 1 saturated heterocycles. The van der Waals surface area contributed by atoms with Crippen LogP contribution in [0.25, 0.3) is 0 Å². The molecule has 1 aliphatic rings. The lowest BCUT2D eigenvalue weighted by Crippen LogP contribution is -2.52. The van der Waals surface area contributed by atoms with Gasteiger partial charge in [0.05, 0.1) is 19.3 Å². The van der Waals surface area contributed by atoms with Gasteiger partial charge in [0.15, 0.2) is 11.9 Å². The van der Waals surface area contributed by atoms with E-state index < -0.39 is 41.9 Å². The van der Waals surface area contributed by atoms with E-state index in [-0.39, 0.29) is 26.2 Å². The van der Waals surface area contributed by atoms with Crippen LogP contribution in [0.2, 0.25) is 0 Å². The molecule has 0 aromatic heterocycles. The van der Waals surface area contributed by atoms with Crippen molar-refractivity contribution in [2.45, 2.75) is 54.9 Å². The summed E-state index contributed by atoms with van der Waals surface area (Å²) in [6.45, 7) is 0.308. The Morgan fingerprint density at radius 1 is 0.485 bits per heavy atom. The first-order valence-corrected chi connectivity index (χ1v) is 22.6. The fraction of sp³-hybridized carbons (Fsp3) is 0.186. The molecule has 66 heavy (non-hydrogen) atoms. The average molecular weight is 875 g/mol. The van der Waals surface area contributed by atoms with E-state index in [0.29, 0.717) is 0 Å². The maximum Gasteiger partial charge on any atom is 0.178 e. The maximum atomic E-state index is 12.1. The van der Waals surface area contributed by atoms with Crippen molar-refractivity contribution in [2.24, 2.45) is 0 Å². The van der Waals surface area contributed by atoms with Crippen molar-refractivity contribution in [1.82, 2.24) is 0 Å². The summed E-state index contributed by atoms with van der Waals surface area (Å²) in [7, 11) is 0. The van der Waals surface area contributed by atoms with Crippen molar-refractivity contribution in [3.63, 3.8) is 0 Å². The molecule has 1 heterocycles. The number of benzene rings is 8. The number of hydrogen-bond donors (Lipinski definition) is 1. The van der Waals surface area contributed by atoms with Crippen molar-refractivity contribution in [3.05, 3.63) is 287 Å². The quantitative estimate of drug-likeness (QED) is 0.0493. The lowest BCUT2D eigenvalue weighted by Gasteiger charge is -2.41. The number of rotatable bonds is 19. The molecule has 5 atom stereocenters. The van der Waals surface area contributed by atoms with Gasteiger partial charge in [0.25, 0.3) is 0 Å². The van der Waals surface area contributed by atoms with Gasteiger partial charge >= 0.3 is 0 Å².